The molecule has 0 saturated heterocycles. The molecule has 110 valence electrons. The van der Waals surface area contributed by atoms with Crippen LogP contribution < -0.4 is 14.8 Å². The molecule has 2 aromatic rings. The molecule has 0 bridgehead atoms. The number of hydrogen-bond acceptors (Lipinski definition) is 3. The molecule has 0 amide bonds. The molecule has 1 N–H and O–H groups in total. The average molecular weight is 369 g/mol. The zero-order valence-corrected chi connectivity index (χ0v) is 13.9. The van der Waals surface area contributed by atoms with E-state index in [1.807, 2.05) is 18.2 Å². The summed E-state index contributed by atoms with van der Waals surface area (Å²) in [5, 5.41) is 3.98. The Morgan fingerprint density at radius 1 is 1.14 bits per heavy atom. The fourth-order valence-electron chi connectivity index (χ4n) is 2.31. The number of hydrogen-bond donors (Lipinski definition) is 1. The Morgan fingerprint density at radius 2 is 1.95 bits per heavy atom. The van der Waals surface area contributed by atoms with Gasteiger partial charge in [0.15, 0.2) is 11.5 Å². The van der Waals surface area contributed by atoms with Crippen molar-refractivity contribution in [2.24, 2.45) is 0 Å². The van der Waals surface area contributed by atoms with Gasteiger partial charge in [0.25, 0.3) is 0 Å². The third-order valence-electron chi connectivity index (χ3n) is 3.20. The fraction of sp³-hybridized carbons (Fsp3) is 0.250. The van der Waals surface area contributed by atoms with Crippen molar-refractivity contribution in [1.29, 1.82) is 0 Å². The van der Waals surface area contributed by atoms with Gasteiger partial charge in [0, 0.05) is 16.7 Å². The Hall–Kier alpha value is -1.39. The molecule has 0 unspecified atom stereocenters. The zero-order valence-electron chi connectivity index (χ0n) is 11.6. The van der Waals surface area contributed by atoms with E-state index in [1.165, 1.54) is 5.56 Å². The maximum atomic E-state index is 6.24. The van der Waals surface area contributed by atoms with Crippen LogP contribution in [-0.2, 0) is 6.54 Å². The lowest BCUT2D eigenvalue weighted by atomic mass is 10.1. The summed E-state index contributed by atoms with van der Waals surface area (Å²) in [7, 11) is 0. The van der Waals surface area contributed by atoms with Gasteiger partial charge in [-0.3, -0.25) is 0 Å². The van der Waals surface area contributed by atoms with Crippen molar-refractivity contribution in [3.63, 3.8) is 0 Å². The molecule has 3 nitrogen and oxygen atoms in total. The van der Waals surface area contributed by atoms with Gasteiger partial charge in [-0.15, -0.1) is 0 Å². The van der Waals surface area contributed by atoms with E-state index in [4.69, 9.17) is 21.1 Å². The highest BCUT2D eigenvalue weighted by Crippen LogP contribution is 2.38. The first-order chi connectivity index (χ1) is 10.1. The highest BCUT2D eigenvalue weighted by molar-refractivity contribution is 9.10. The van der Waals surface area contributed by atoms with Crippen LogP contribution >= 0.6 is 27.5 Å². The van der Waals surface area contributed by atoms with Gasteiger partial charge in [-0.2, -0.15) is 0 Å². The van der Waals surface area contributed by atoms with E-state index in [9.17, 15) is 0 Å². The van der Waals surface area contributed by atoms with Gasteiger partial charge in [-0.1, -0.05) is 27.5 Å². The molecule has 0 radical (unpaired) electrons. The molecule has 1 heterocycles. The van der Waals surface area contributed by atoms with E-state index in [2.05, 4.69) is 40.3 Å². The average Bonchev–Trinajstić information content (AvgIpc) is 2.44. The highest BCUT2D eigenvalue weighted by atomic mass is 79.9. The molecule has 5 heteroatoms. The van der Waals surface area contributed by atoms with Gasteiger partial charge < -0.3 is 14.8 Å². The van der Waals surface area contributed by atoms with Crippen LogP contribution in [0.1, 0.15) is 11.1 Å². The molecule has 1 aliphatic heterocycles. The van der Waals surface area contributed by atoms with Crippen molar-refractivity contribution in [2.45, 2.75) is 13.5 Å². The quantitative estimate of drug-likeness (QED) is 0.844. The van der Waals surface area contributed by atoms with Gasteiger partial charge in [0.05, 0.1) is 5.02 Å². The summed E-state index contributed by atoms with van der Waals surface area (Å²) in [4.78, 5) is 0. The van der Waals surface area contributed by atoms with E-state index in [0.717, 1.165) is 21.5 Å². The van der Waals surface area contributed by atoms with Crippen molar-refractivity contribution in [3.8, 4) is 11.5 Å². The van der Waals surface area contributed by atoms with E-state index in [-0.39, 0.29) is 0 Å². The van der Waals surface area contributed by atoms with Gasteiger partial charge in [-0.25, -0.2) is 0 Å². The lowest BCUT2D eigenvalue weighted by molar-refractivity contribution is 0.171. The first-order valence-corrected chi connectivity index (χ1v) is 7.88. The molecule has 2 aromatic carbocycles. The Kier molecular flexibility index (Phi) is 4.27. The van der Waals surface area contributed by atoms with Gasteiger partial charge in [-0.05, 0) is 48.4 Å². The van der Waals surface area contributed by atoms with Crippen molar-refractivity contribution in [1.82, 2.24) is 0 Å². The third-order valence-corrected chi connectivity index (χ3v) is 3.93. The Balaban J connectivity index is 1.77. The van der Waals surface area contributed by atoms with Crippen LogP contribution in [0.15, 0.2) is 34.8 Å². The number of nitrogens with one attached hydrogen (secondary N) is 1. The van der Waals surface area contributed by atoms with Crippen LogP contribution in [0.25, 0.3) is 0 Å². The van der Waals surface area contributed by atoms with Crippen LogP contribution in [0.4, 0.5) is 5.69 Å². The van der Waals surface area contributed by atoms with E-state index in [1.54, 1.807) is 0 Å². The van der Waals surface area contributed by atoms with Crippen LogP contribution in [0.2, 0.25) is 5.02 Å². The predicted molar refractivity (Wildman–Crippen MR) is 88.6 cm³/mol. The summed E-state index contributed by atoms with van der Waals surface area (Å²) in [6.07, 6.45) is 0. The molecule has 0 fully saturated rings. The van der Waals surface area contributed by atoms with Crippen LogP contribution in [0.5, 0.6) is 11.5 Å². The van der Waals surface area contributed by atoms with Crippen molar-refractivity contribution in [2.75, 3.05) is 18.5 Å². The number of ether oxygens (including phenoxy) is 2. The lowest BCUT2D eigenvalue weighted by Crippen LogP contribution is -2.16. The molecular formula is C16H15BrClNO2. The minimum Gasteiger partial charge on any atom is -0.486 e. The minimum atomic E-state index is 0.543. The fourth-order valence-corrected chi connectivity index (χ4v) is 3.20. The molecule has 0 aliphatic carbocycles. The first kappa shape index (κ1) is 14.5. The summed E-state index contributed by atoms with van der Waals surface area (Å²) < 4.78 is 12.2. The monoisotopic (exact) mass is 367 g/mol. The predicted octanol–water partition coefficient (Wildman–Crippen LogP) is 4.79. The Labute approximate surface area is 137 Å². The highest BCUT2D eigenvalue weighted by Gasteiger charge is 2.16. The normalized spacial score (nSPS) is 13.1. The SMILES string of the molecule is Cc1cc(Br)cc(NCc2cc(Cl)c3c(c2)OCCO3)c1. The largest absolute Gasteiger partial charge is 0.486 e. The second-order valence-corrected chi connectivity index (χ2v) is 6.30. The summed E-state index contributed by atoms with van der Waals surface area (Å²) in [6, 6.07) is 10.1. The zero-order chi connectivity index (χ0) is 14.8. The summed E-state index contributed by atoms with van der Waals surface area (Å²) in [5.41, 5.74) is 3.32. The Morgan fingerprint density at radius 3 is 2.76 bits per heavy atom. The second-order valence-electron chi connectivity index (χ2n) is 4.97. The number of rotatable bonds is 3. The third kappa shape index (κ3) is 3.44. The summed E-state index contributed by atoms with van der Waals surface area (Å²) >= 11 is 9.74. The van der Waals surface area contributed by atoms with Crippen LogP contribution in [0, 0.1) is 6.92 Å². The van der Waals surface area contributed by atoms with Crippen LogP contribution in [0.3, 0.4) is 0 Å². The van der Waals surface area contributed by atoms with Gasteiger partial charge >= 0.3 is 0 Å². The van der Waals surface area contributed by atoms with Crippen molar-refractivity contribution in [3.05, 3.63) is 51.0 Å². The maximum Gasteiger partial charge on any atom is 0.179 e. The number of anilines is 1. The van der Waals surface area contributed by atoms with Gasteiger partial charge in [0.2, 0.25) is 0 Å². The lowest BCUT2D eigenvalue weighted by Gasteiger charge is -2.20. The van der Waals surface area contributed by atoms with E-state index >= 15 is 0 Å². The molecule has 3 rings (SSSR count). The van der Waals surface area contributed by atoms with Crippen molar-refractivity contribution >= 4 is 33.2 Å². The first-order valence-electron chi connectivity index (χ1n) is 6.71. The van der Waals surface area contributed by atoms with Crippen LogP contribution in [-0.4, -0.2) is 13.2 Å². The molecule has 21 heavy (non-hydrogen) atoms. The maximum absolute atomic E-state index is 6.24. The standard InChI is InChI=1S/C16H15BrClNO2/c1-10-4-12(17)8-13(5-10)19-9-11-6-14(18)16-15(7-11)20-2-3-21-16/h4-8,19H,2-3,9H2,1H3. The topological polar surface area (TPSA) is 30.5 Å². The van der Waals surface area contributed by atoms with Gasteiger partial charge in [0.1, 0.15) is 13.2 Å². The smallest absolute Gasteiger partial charge is 0.179 e. The van der Waals surface area contributed by atoms with E-state index in [0.29, 0.717) is 30.5 Å². The molecule has 0 saturated carbocycles. The molecule has 1 aliphatic rings. The summed E-state index contributed by atoms with van der Waals surface area (Å²) in [5.74, 6) is 1.36. The number of benzene rings is 2. The summed E-state index contributed by atoms with van der Waals surface area (Å²) in [6.45, 7) is 3.84. The second kappa shape index (κ2) is 6.16. The number of fused-ring (bicyclic) bond motifs is 1. The number of aryl methyl sites for hydroxylation is 1. The molecular weight excluding hydrogens is 354 g/mol. The number of halogens is 2. The molecule has 0 aromatic heterocycles. The molecule has 0 atom stereocenters. The van der Waals surface area contributed by atoms with Crippen molar-refractivity contribution < 1.29 is 9.47 Å². The molecule has 0 spiro atoms. The van der Waals surface area contributed by atoms with E-state index < -0.39 is 0 Å². The Bertz CT molecular complexity index is 655. The minimum absolute atomic E-state index is 0.543.